The maximum atomic E-state index is 14.4. The third-order valence-electron chi connectivity index (χ3n) is 8.94. The number of rotatable bonds is 16. The van der Waals surface area contributed by atoms with Crippen LogP contribution in [0.1, 0.15) is 67.3 Å². The molecule has 2 aromatic heterocycles. The summed E-state index contributed by atoms with van der Waals surface area (Å²) in [6, 6.07) is -2.65. The number of imidazole rings is 1. The number of aliphatic hydroxyl groups excluding tert-OH is 1. The average Bonchev–Trinajstić information content (AvgIpc) is 3.82. The Labute approximate surface area is 273 Å². The molecule has 3 heterocycles. The number of hydrogen-bond acceptors (Lipinski definition) is 14. The van der Waals surface area contributed by atoms with Crippen LogP contribution in [0.4, 0.5) is 11.8 Å². The molecule has 7 atom stereocenters. The number of nitrogens with zero attached hydrogens (tertiary/aromatic N) is 4. The quantitative estimate of drug-likeness (QED) is 0.108. The molecule has 18 heteroatoms. The second kappa shape index (κ2) is 13.2. The van der Waals surface area contributed by atoms with Gasteiger partial charge in [-0.25, -0.2) is 15.2 Å². The van der Waals surface area contributed by atoms with E-state index in [1.54, 1.807) is 53.0 Å². The van der Waals surface area contributed by atoms with Crippen LogP contribution in [0.2, 0.25) is 0 Å². The minimum Gasteiger partial charge on any atom is -0.465 e. The van der Waals surface area contributed by atoms with Gasteiger partial charge in [0.1, 0.15) is 41.5 Å². The molecule has 7 N–H and O–H groups in total. The normalized spacial score (nSPS) is 28.4. The van der Waals surface area contributed by atoms with Gasteiger partial charge in [0.2, 0.25) is 5.95 Å². The highest BCUT2D eigenvalue weighted by atomic mass is 31.2. The molecule has 2 aliphatic carbocycles. The number of aliphatic hydroxyl groups is 2. The number of carbonyl (C=O) groups excluding carboxylic acids is 2. The molecule has 0 bridgehead atoms. The largest absolute Gasteiger partial charge is 0.465 e. The van der Waals surface area contributed by atoms with Gasteiger partial charge in [0.15, 0.2) is 17.0 Å². The molecule has 1 saturated heterocycles. The van der Waals surface area contributed by atoms with Gasteiger partial charge in [-0.3, -0.25) is 14.2 Å². The number of carbonyl (C=O) groups is 2. The van der Waals surface area contributed by atoms with E-state index in [1.165, 1.54) is 6.33 Å². The molecule has 2 aromatic rings. The van der Waals surface area contributed by atoms with Gasteiger partial charge in [0, 0.05) is 6.04 Å². The Bertz CT molecular complexity index is 1500. The SMILES string of the molecule is CCOC(=O)[C@@H](NP(=O)(N[C@H](C(=O)OCC)C(C)C)OC[C@H]1OC2(C)[C@@H](n3cnc4c(NC5CC5)nc(N)nc43)C2(O)C1O)C(C)C. The van der Waals surface area contributed by atoms with Crippen LogP contribution in [0.15, 0.2) is 6.33 Å². The van der Waals surface area contributed by atoms with Crippen molar-refractivity contribution in [1.82, 2.24) is 29.7 Å². The highest BCUT2D eigenvalue weighted by Crippen LogP contribution is 2.68. The lowest BCUT2D eigenvalue weighted by atomic mass is 10.1. The van der Waals surface area contributed by atoms with Gasteiger partial charge >= 0.3 is 19.6 Å². The van der Waals surface area contributed by atoms with Crippen molar-refractivity contribution in [3.8, 4) is 0 Å². The fourth-order valence-corrected chi connectivity index (χ4v) is 8.29. The number of nitrogens with two attached hydrogens (primary N) is 1. The first kappa shape index (κ1) is 35.4. The topological polar surface area (TPSA) is 234 Å². The maximum Gasteiger partial charge on any atom is 0.342 e. The van der Waals surface area contributed by atoms with Gasteiger partial charge in [-0.2, -0.15) is 9.97 Å². The molecular weight excluding hydrogens is 635 g/mol. The Balaban J connectivity index is 1.36. The summed E-state index contributed by atoms with van der Waals surface area (Å²) >= 11 is 0. The lowest BCUT2D eigenvalue weighted by Gasteiger charge is -2.32. The van der Waals surface area contributed by atoms with E-state index in [1.807, 2.05) is 0 Å². The van der Waals surface area contributed by atoms with E-state index in [0.717, 1.165) is 12.8 Å². The summed E-state index contributed by atoms with van der Waals surface area (Å²) in [5, 5.41) is 32.0. The molecule has 2 saturated carbocycles. The molecule has 1 aliphatic heterocycles. The Morgan fingerprint density at radius 2 is 1.68 bits per heavy atom. The van der Waals surface area contributed by atoms with Gasteiger partial charge < -0.3 is 44.6 Å². The van der Waals surface area contributed by atoms with Crippen LogP contribution in [0.25, 0.3) is 11.2 Å². The second-order valence-electron chi connectivity index (χ2n) is 13.2. The van der Waals surface area contributed by atoms with Crippen LogP contribution in [-0.2, 0) is 32.9 Å². The van der Waals surface area contributed by atoms with Crippen LogP contribution in [0.3, 0.4) is 0 Å². The van der Waals surface area contributed by atoms with E-state index >= 15 is 0 Å². The van der Waals surface area contributed by atoms with Gasteiger partial charge in [-0.15, -0.1) is 0 Å². The molecule has 3 unspecified atom stereocenters. The van der Waals surface area contributed by atoms with E-state index in [-0.39, 0.29) is 37.0 Å². The van der Waals surface area contributed by atoms with Gasteiger partial charge in [-0.1, -0.05) is 27.7 Å². The minimum atomic E-state index is -4.26. The molecule has 17 nitrogen and oxygen atoms in total. The summed E-state index contributed by atoms with van der Waals surface area (Å²) < 4.78 is 38.5. The van der Waals surface area contributed by atoms with Crippen LogP contribution < -0.4 is 21.2 Å². The molecule has 0 amide bonds. The lowest BCUT2D eigenvalue weighted by Crippen LogP contribution is -2.49. The van der Waals surface area contributed by atoms with Crippen molar-refractivity contribution in [2.75, 3.05) is 30.9 Å². The zero-order valence-electron chi connectivity index (χ0n) is 27.8. The third-order valence-corrected chi connectivity index (χ3v) is 10.7. The van der Waals surface area contributed by atoms with Crippen molar-refractivity contribution in [3.05, 3.63) is 6.33 Å². The number of fused-ring (bicyclic) bond motifs is 2. The van der Waals surface area contributed by atoms with Crippen molar-refractivity contribution in [2.24, 2.45) is 11.8 Å². The predicted octanol–water partition coefficient (Wildman–Crippen LogP) is 1.27. The molecule has 262 valence electrons. The zero-order chi connectivity index (χ0) is 34.5. The van der Waals surface area contributed by atoms with Gasteiger partial charge in [0.05, 0.1) is 26.1 Å². The molecule has 3 fully saturated rings. The molecule has 47 heavy (non-hydrogen) atoms. The first-order chi connectivity index (χ1) is 22.1. The van der Waals surface area contributed by atoms with Gasteiger partial charge in [0.25, 0.3) is 0 Å². The Kier molecular flexibility index (Phi) is 9.92. The number of ether oxygens (including phenoxy) is 3. The van der Waals surface area contributed by atoms with Crippen molar-refractivity contribution >= 4 is 42.5 Å². The van der Waals surface area contributed by atoms with Crippen molar-refractivity contribution < 1.29 is 43.1 Å². The summed E-state index contributed by atoms with van der Waals surface area (Å²) in [5.74, 6) is -1.54. The van der Waals surface area contributed by atoms with Crippen LogP contribution in [-0.4, -0.2) is 103 Å². The number of anilines is 2. The molecular formula is C29H47N8O9P. The standard InChI is InChI=1S/C29H47N8O9P/c1-8-43-24(39)18(14(3)4)35-47(42,36-19(15(5)6)25(40)44-9-2)45-12-17-21(38)29(41)26(28(29,7)46-17)37-13-31-20-22(32-16-10-11-16)33-27(30)34-23(20)37/h13-19,21,26,38,41H,8-12H2,1-7H3,(H2,35,36,42)(H3,30,32,33,34)/t17-,18+,19+,21?,26-,28?,29?/m1/s1. The maximum absolute atomic E-state index is 14.4. The summed E-state index contributed by atoms with van der Waals surface area (Å²) in [7, 11) is -4.26. The third kappa shape index (κ3) is 6.58. The minimum absolute atomic E-state index is 0.0267. The van der Waals surface area contributed by atoms with Gasteiger partial charge in [-0.05, 0) is 45.4 Å². The fraction of sp³-hybridized carbons (Fsp3) is 0.759. The van der Waals surface area contributed by atoms with Crippen LogP contribution in [0.5, 0.6) is 0 Å². The Hall–Kier alpha value is -2.92. The van der Waals surface area contributed by atoms with Crippen LogP contribution >= 0.6 is 7.67 Å². The molecule has 0 aromatic carbocycles. The summed E-state index contributed by atoms with van der Waals surface area (Å²) in [4.78, 5) is 38.7. The van der Waals surface area contributed by atoms with Crippen LogP contribution in [0, 0.1) is 11.8 Å². The number of aromatic nitrogens is 4. The fourth-order valence-electron chi connectivity index (χ4n) is 6.17. The Morgan fingerprint density at radius 3 is 2.15 bits per heavy atom. The van der Waals surface area contributed by atoms with Crippen molar-refractivity contribution in [3.63, 3.8) is 0 Å². The highest BCUT2D eigenvalue weighted by molar-refractivity contribution is 7.54. The first-order valence-corrected chi connectivity index (χ1v) is 17.7. The van der Waals surface area contributed by atoms with E-state index in [0.29, 0.717) is 17.0 Å². The Morgan fingerprint density at radius 1 is 1.11 bits per heavy atom. The molecule has 5 rings (SSSR count). The zero-order valence-corrected chi connectivity index (χ0v) is 28.7. The summed E-state index contributed by atoms with van der Waals surface area (Å²) in [6.07, 6.45) is 0.880. The molecule has 0 radical (unpaired) electrons. The van der Waals surface area contributed by atoms with E-state index in [2.05, 4.69) is 30.4 Å². The summed E-state index contributed by atoms with van der Waals surface area (Å²) in [6.45, 7) is 11.6. The lowest BCUT2D eigenvalue weighted by molar-refractivity contribution is -0.146. The number of nitrogens with one attached hydrogen (secondary N) is 3. The first-order valence-electron chi connectivity index (χ1n) is 16.1. The molecule has 0 spiro atoms. The highest BCUT2D eigenvalue weighted by Gasteiger charge is 2.85. The number of esters is 2. The van der Waals surface area contributed by atoms with E-state index in [9.17, 15) is 24.4 Å². The second-order valence-corrected chi connectivity index (χ2v) is 15.0. The molecule has 3 aliphatic rings. The summed E-state index contributed by atoms with van der Waals surface area (Å²) in [5.41, 5.74) is 3.74. The van der Waals surface area contributed by atoms with E-state index in [4.69, 9.17) is 24.5 Å². The predicted molar refractivity (Wildman–Crippen MR) is 170 cm³/mol. The average molecular weight is 683 g/mol. The monoisotopic (exact) mass is 682 g/mol. The van der Waals surface area contributed by atoms with Crippen molar-refractivity contribution in [1.29, 1.82) is 0 Å². The number of nitrogen functional groups attached to an aromatic ring is 1. The number of hydrogen-bond donors (Lipinski definition) is 6. The van der Waals surface area contributed by atoms with E-state index < -0.39 is 67.8 Å². The van der Waals surface area contributed by atoms with Crippen molar-refractivity contribution in [2.45, 2.75) is 109 Å². The smallest absolute Gasteiger partial charge is 0.342 e.